The highest BCUT2D eigenvalue weighted by molar-refractivity contribution is 5.53. The van der Waals surface area contributed by atoms with Gasteiger partial charge in [-0.1, -0.05) is 13.8 Å². The summed E-state index contributed by atoms with van der Waals surface area (Å²) in [5.74, 6) is 0.649. The summed E-state index contributed by atoms with van der Waals surface area (Å²) in [6.07, 6.45) is 3.54. The Balaban J connectivity index is 2.78. The van der Waals surface area contributed by atoms with Crippen molar-refractivity contribution in [3.63, 3.8) is 0 Å². The summed E-state index contributed by atoms with van der Waals surface area (Å²) < 4.78 is 0. The van der Waals surface area contributed by atoms with Crippen LogP contribution in [0.15, 0.2) is 18.5 Å². The first-order valence-corrected chi connectivity index (χ1v) is 5.09. The Kier molecular flexibility index (Phi) is 3.74. The predicted octanol–water partition coefficient (Wildman–Crippen LogP) is 2.15. The number of rotatable bonds is 4. The lowest BCUT2D eigenvalue weighted by Crippen LogP contribution is -2.27. The van der Waals surface area contributed by atoms with Gasteiger partial charge in [0, 0.05) is 19.3 Å². The maximum Gasteiger partial charge on any atom is 0.0573 e. The number of nitrogens with two attached hydrogens (primary N) is 1. The lowest BCUT2D eigenvalue weighted by atomic mass is 10.2. The molecule has 0 bridgehead atoms. The van der Waals surface area contributed by atoms with Crippen LogP contribution in [-0.2, 0) is 0 Å². The molecular weight excluding hydrogens is 174 g/mol. The monoisotopic (exact) mass is 193 g/mol. The molecule has 0 aliphatic rings. The third-order valence-corrected chi connectivity index (χ3v) is 2.08. The second-order valence-electron chi connectivity index (χ2n) is 3.91. The molecule has 1 aromatic rings. The van der Waals surface area contributed by atoms with Crippen LogP contribution in [0.4, 0.5) is 11.4 Å². The molecule has 0 aromatic carbocycles. The normalized spacial score (nSPS) is 10.6. The molecule has 0 saturated carbocycles. The van der Waals surface area contributed by atoms with E-state index in [9.17, 15) is 0 Å². The van der Waals surface area contributed by atoms with E-state index < -0.39 is 0 Å². The Morgan fingerprint density at radius 1 is 1.43 bits per heavy atom. The van der Waals surface area contributed by atoms with Gasteiger partial charge in [0.05, 0.1) is 17.6 Å². The van der Waals surface area contributed by atoms with Crippen molar-refractivity contribution in [1.82, 2.24) is 4.98 Å². The molecule has 0 fully saturated rings. The SMILES string of the molecule is CCN(CC(C)C)c1cncc(N)c1. The molecule has 2 N–H and O–H groups in total. The van der Waals surface area contributed by atoms with E-state index in [1.165, 1.54) is 0 Å². The molecule has 0 saturated heterocycles. The van der Waals surface area contributed by atoms with Gasteiger partial charge in [-0.2, -0.15) is 0 Å². The van der Waals surface area contributed by atoms with E-state index in [1.54, 1.807) is 6.20 Å². The fourth-order valence-electron chi connectivity index (χ4n) is 1.48. The van der Waals surface area contributed by atoms with Crippen molar-refractivity contribution < 1.29 is 0 Å². The van der Waals surface area contributed by atoms with Gasteiger partial charge in [-0.3, -0.25) is 4.98 Å². The number of nitrogens with zero attached hydrogens (tertiary/aromatic N) is 2. The quantitative estimate of drug-likeness (QED) is 0.796. The zero-order valence-electron chi connectivity index (χ0n) is 9.20. The fourth-order valence-corrected chi connectivity index (χ4v) is 1.48. The van der Waals surface area contributed by atoms with E-state index >= 15 is 0 Å². The van der Waals surface area contributed by atoms with Crippen molar-refractivity contribution in [2.75, 3.05) is 23.7 Å². The maximum atomic E-state index is 5.69. The number of aromatic nitrogens is 1. The molecule has 0 aliphatic carbocycles. The zero-order chi connectivity index (χ0) is 10.6. The zero-order valence-corrected chi connectivity index (χ0v) is 9.20. The first kappa shape index (κ1) is 10.8. The Bertz CT molecular complexity index is 284. The molecule has 78 valence electrons. The molecule has 0 radical (unpaired) electrons. The van der Waals surface area contributed by atoms with Gasteiger partial charge in [0.1, 0.15) is 0 Å². The van der Waals surface area contributed by atoms with E-state index in [0.717, 1.165) is 24.5 Å². The summed E-state index contributed by atoms with van der Waals surface area (Å²) in [5.41, 5.74) is 7.53. The van der Waals surface area contributed by atoms with Gasteiger partial charge < -0.3 is 10.6 Å². The number of nitrogen functional groups attached to an aromatic ring is 1. The Hall–Kier alpha value is -1.25. The van der Waals surface area contributed by atoms with Crippen molar-refractivity contribution in [3.8, 4) is 0 Å². The topological polar surface area (TPSA) is 42.2 Å². The van der Waals surface area contributed by atoms with Crippen LogP contribution in [0.3, 0.4) is 0 Å². The largest absolute Gasteiger partial charge is 0.397 e. The van der Waals surface area contributed by atoms with Gasteiger partial charge in [0.25, 0.3) is 0 Å². The first-order valence-electron chi connectivity index (χ1n) is 5.09. The van der Waals surface area contributed by atoms with Gasteiger partial charge in [0.2, 0.25) is 0 Å². The van der Waals surface area contributed by atoms with Crippen LogP contribution in [0.2, 0.25) is 0 Å². The summed E-state index contributed by atoms with van der Waals surface area (Å²) >= 11 is 0. The molecule has 3 heteroatoms. The van der Waals surface area contributed by atoms with Crippen LogP contribution >= 0.6 is 0 Å². The van der Waals surface area contributed by atoms with Crippen molar-refractivity contribution in [3.05, 3.63) is 18.5 Å². The van der Waals surface area contributed by atoms with E-state index in [2.05, 4.69) is 30.7 Å². The average Bonchev–Trinajstić information content (AvgIpc) is 2.14. The van der Waals surface area contributed by atoms with Crippen molar-refractivity contribution in [1.29, 1.82) is 0 Å². The third kappa shape index (κ3) is 2.91. The van der Waals surface area contributed by atoms with Crippen molar-refractivity contribution in [2.45, 2.75) is 20.8 Å². The molecule has 3 nitrogen and oxygen atoms in total. The van der Waals surface area contributed by atoms with E-state index in [0.29, 0.717) is 5.92 Å². The average molecular weight is 193 g/mol. The summed E-state index contributed by atoms with van der Waals surface area (Å²) in [4.78, 5) is 6.38. The van der Waals surface area contributed by atoms with E-state index in [1.807, 2.05) is 12.3 Å². The second kappa shape index (κ2) is 4.84. The van der Waals surface area contributed by atoms with Crippen LogP contribution in [0, 0.1) is 5.92 Å². The molecule has 1 heterocycles. The van der Waals surface area contributed by atoms with Crippen LogP contribution in [0.5, 0.6) is 0 Å². The van der Waals surface area contributed by atoms with Crippen LogP contribution in [0.1, 0.15) is 20.8 Å². The lowest BCUT2D eigenvalue weighted by molar-refractivity contribution is 0.618. The number of hydrogen-bond acceptors (Lipinski definition) is 3. The van der Waals surface area contributed by atoms with Gasteiger partial charge in [-0.25, -0.2) is 0 Å². The van der Waals surface area contributed by atoms with Crippen molar-refractivity contribution >= 4 is 11.4 Å². The molecule has 1 aromatic heterocycles. The molecule has 1 rings (SSSR count). The third-order valence-electron chi connectivity index (χ3n) is 2.08. The summed E-state index contributed by atoms with van der Waals surface area (Å²) in [7, 11) is 0. The molecule has 0 spiro atoms. The summed E-state index contributed by atoms with van der Waals surface area (Å²) in [6.45, 7) is 8.60. The Morgan fingerprint density at radius 2 is 2.14 bits per heavy atom. The smallest absolute Gasteiger partial charge is 0.0573 e. The van der Waals surface area contributed by atoms with Gasteiger partial charge >= 0.3 is 0 Å². The van der Waals surface area contributed by atoms with Gasteiger partial charge in [-0.05, 0) is 18.9 Å². The minimum absolute atomic E-state index is 0.649. The van der Waals surface area contributed by atoms with E-state index in [-0.39, 0.29) is 0 Å². The summed E-state index contributed by atoms with van der Waals surface area (Å²) in [6, 6.07) is 1.97. The first-order chi connectivity index (χ1) is 6.63. The lowest BCUT2D eigenvalue weighted by Gasteiger charge is -2.24. The highest BCUT2D eigenvalue weighted by Crippen LogP contribution is 2.16. The van der Waals surface area contributed by atoms with Crippen LogP contribution in [-0.4, -0.2) is 18.1 Å². The minimum atomic E-state index is 0.649. The van der Waals surface area contributed by atoms with Crippen LogP contribution in [0.25, 0.3) is 0 Å². The molecule has 0 unspecified atom stereocenters. The number of anilines is 2. The standard InChI is InChI=1S/C11H19N3/c1-4-14(8-9(2)3)11-5-10(12)6-13-7-11/h5-7,9H,4,8,12H2,1-3H3. The Labute approximate surface area is 85.9 Å². The molecule has 14 heavy (non-hydrogen) atoms. The van der Waals surface area contributed by atoms with Crippen molar-refractivity contribution in [2.24, 2.45) is 5.92 Å². The van der Waals surface area contributed by atoms with Gasteiger partial charge in [-0.15, -0.1) is 0 Å². The summed E-state index contributed by atoms with van der Waals surface area (Å²) in [5, 5.41) is 0. The maximum absolute atomic E-state index is 5.69. The molecular formula is C11H19N3. The minimum Gasteiger partial charge on any atom is -0.397 e. The molecule has 0 aliphatic heterocycles. The van der Waals surface area contributed by atoms with E-state index in [4.69, 9.17) is 5.73 Å². The highest BCUT2D eigenvalue weighted by atomic mass is 15.1. The fraction of sp³-hybridized carbons (Fsp3) is 0.545. The number of pyridine rings is 1. The Morgan fingerprint density at radius 3 is 2.64 bits per heavy atom. The van der Waals surface area contributed by atoms with Crippen LogP contribution < -0.4 is 10.6 Å². The number of hydrogen-bond donors (Lipinski definition) is 1. The van der Waals surface area contributed by atoms with Gasteiger partial charge in [0.15, 0.2) is 0 Å². The molecule has 0 amide bonds. The molecule has 0 atom stereocenters. The second-order valence-corrected chi connectivity index (χ2v) is 3.91. The predicted molar refractivity (Wildman–Crippen MR) is 61.4 cm³/mol. The highest BCUT2D eigenvalue weighted by Gasteiger charge is 2.06.